The Bertz CT molecular complexity index is 2260. The molecule has 3 saturated heterocycles. The van der Waals surface area contributed by atoms with E-state index >= 15 is 0 Å². The van der Waals surface area contributed by atoms with Crippen LogP contribution in [-0.2, 0) is 38.1 Å². The van der Waals surface area contributed by atoms with Gasteiger partial charge in [0.15, 0.2) is 0 Å². The third-order valence-electron chi connectivity index (χ3n) is 15.4. The Hall–Kier alpha value is -3.48. The third kappa shape index (κ3) is 14.4. The highest BCUT2D eigenvalue weighted by molar-refractivity contribution is 7.09. The van der Waals surface area contributed by atoms with Crippen LogP contribution in [0.15, 0.2) is 34.1 Å². The summed E-state index contributed by atoms with van der Waals surface area (Å²) in [6, 6.07) is 0. The summed E-state index contributed by atoms with van der Waals surface area (Å²) >= 11 is 3.11. The van der Waals surface area contributed by atoms with Crippen molar-refractivity contribution in [1.82, 2.24) is 9.97 Å². The van der Waals surface area contributed by atoms with Crippen LogP contribution in [-0.4, -0.2) is 114 Å². The molecule has 0 aliphatic carbocycles. The van der Waals surface area contributed by atoms with Gasteiger partial charge in [-0.2, -0.15) is 0 Å². The summed E-state index contributed by atoms with van der Waals surface area (Å²) in [4.78, 5) is 61.2. The molecule has 6 rings (SSSR count). The second-order valence-electron chi connectivity index (χ2n) is 22.2. The zero-order chi connectivity index (χ0) is 52.3. The second-order valence-corrected chi connectivity index (χ2v) is 24.3. The van der Waals surface area contributed by atoms with Crippen molar-refractivity contribution in [1.29, 1.82) is 0 Å². The molecule has 0 saturated carbocycles. The number of aromatic nitrogens is 2. The summed E-state index contributed by atoms with van der Waals surface area (Å²) in [7, 11) is 0. The SMILES string of the molecule is C/C(=C\c1csc(C)n1)[C@@H]1C[C@H]2O[C@@]2(C)C/C=C/[C@H](C)[C@H](O)[C@@H](C)C(=O)C(C)(C)[C@@H](O)CC(=O)O1.C/C(=C\c1csc(C)n1)[C@@H]1C[C@H]2O[C@@]2(C)CCC[C@H](C)[C@H](O)[C@@H](C)C(=O)C(C)(C)[C@@H](O)CC(=O)O1. The Balaban J connectivity index is 0.000000261. The lowest BCUT2D eigenvalue weighted by Crippen LogP contribution is -2.45. The number of epoxide rings is 2. The van der Waals surface area contributed by atoms with E-state index in [0.29, 0.717) is 19.3 Å². The Morgan fingerprint density at radius 1 is 0.671 bits per heavy atom. The number of aliphatic hydroxyl groups is 4. The van der Waals surface area contributed by atoms with Gasteiger partial charge < -0.3 is 39.4 Å². The molecule has 0 amide bonds. The van der Waals surface area contributed by atoms with E-state index in [0.717, 1.165) is 51.8 Å². The largest absolute Gasteiger partial charge is 0.458 e. The van der Waals surface area contributed by atoms with Crippen molar-refractivity contribution >= 4 is 58.3 Å². The first-order chi connectivity index (χ1) is 32.5. The maximum atomic E-state index is 13.2. The molecule has 70 heavy (non-hydrogen) atoms. The topological polar surface area (TPSA) is 218 Å². The van der Waals surface area contributed by atoms with Crippen LogP contribution in [0.25, 0.3) is 12.2 Å². The van der Waals surface area contributed by atoms with Crippen LogP contribution >= 0.6 is 22.7 Å². The van der Waals surface area contributed by atoms with Crippen LogP contribution in [0.5, 0.6) is 0 Å². The molecule has 4 N–H and O–H groups in total. The van der Waals surface area contributed by atoms with Crippen LogP contribution in [0.1, 0.15) is 156 Å². The Morgan fingerprint density at radius 3 is 1.54 bits per heavy atom. The zero-order valence-corrected chi connectivity index (χ0v) is 45.4. The molecule has 4 aliphatic rings. The van der Waals surface area contributed by atoms with Gasteiger partial charge in [0.1, 0.15) is 23.8 Å². The van der Waals surface area contributed by atoms with E-state index < -0.39 is 71.2 Å². The first-order valence-corrected chi connectivity index (χ1v) is 26.7. The number of hydrogen-bond donors (Lipinski definition) is 4. The lowest BCUT2D eigenvalue weighted by atomic mass is 9.73. The monoisotopic (exact) mass is 1010 g/mol. The van der Waals surface area contributed by atoms with E-state index in [2.05, 4.69) is 16.9 Å². The Labute approximate surface area is 423 Å². The predicted octanol–water partition coefficient (Wildman–Crippen LogP) is 8.73. The maximum absolute atomic E-state index is 13.2. The van der Waals surface area contributed by atoms with Gasteiger partial charge in [-0.15, -0.1) is 22.7 Å². The molecule has 2 aromatic heterocycles. The molecule has 0 spiro atoms. The standard InChI is InChI=1S/C27H41NO6S.C27H39NO6S/c2*1-15-9-8-10-27(7)22(34-27)12-20(16(2)11-19-14-35-18(4)28-19)33-23(30)13-21(29)26(5,6)25(32)17(3)24(15)31/h11,14-15,17,20-22,24,29,31H,8-10,12-13H2,1-7H3;8-9,11,14-15,17,20-22,24,29,31H,10,12-13H2,1-7H3/b16-11+;9-8+,16-11+/t2*15-,17+,20-,21-,22+,24-,27-/m00/s1. The number of Topliss-reactive ketones (excluding diaryl/α,β-unsaturated/α-hetero) is 2. The second kappa shape index (κ2) is 23.2. The van der Waals surface area contributed by atoms with Gasteiger partial charge in [0.2, 0.25) is 0 Å². The highest BCUT2D eigenvalue weighted by Gasteiger charge is 2.54. The number of carbonyl (C=O) groups is 4. The summed E-state index contributed by atoms with van der Waals surface area (Å²) in [6.45, 7) is 25.4. The molecule has 4 aliphatic heterocycles. The van der Waals surface area contributed by atoms with Crippen LogP contribution < -0.4 is 0 Å². The minimum absolute atomic E-state index is 0.0455. The maximum Gasteiger partial charge on any atom is 0.309 e. The van der Waals surface area contributed by atoms with Crippen LogP contribution in [0.2, 0.25) is 0 Å². The number of fused-ring (bicyclic) bond motifs is 2. The lowest BCUT2D eigenvalue weighted by molar-refractivity contribution is -0.156. The number of hydrogen-bond acceptors (Lipinski definition) is 16. The molecule has 0 radical (unpaired) electrons. The molecule has 0 bridgehead atoms. The van der Waals surface area contributed by atoms with Gasteiger partial charge in [0.25, 0.3) is 0 Å². The normalized spacial score (nSPS) is 37.7. The van der Waals surface area contributed by atoms with Gasteiger partial charge in [-0.3, -0.25) is 19.2 Å². The fourth-order valence-electron chi connectivity index (χ4n) is 9.74. The van der Waals surface area contributed by atoms with Crippen molar-refractivity contribution in [2.75, 3.05) is 0 Å². The number of cyclic esters (lactones) is 2. The Kier molecular flexibility index (Phi) is 19.0. The summed E-state index contributed by atoms with van der Waals surface area (Å²) < 4.78 is 23.8. The smallest absolute Gasteiger partial charge is 0.309 e. The van der Waals surface area contributed by atoms with E-state index in [-0.39, 0.29) is 59.7 Å². The van der Waals surface area contributed by atoms with Crippen molar-refractivity contribution < 1.29 is 58.6 Å². The highest BCUT2D eigenvalue weighted by atomic mass is 32.1. The van der Waals surface area contributed by atoms with Crippen molar-refractivity contribution in [3.8, 4) is 0 Å². The minimum atomic E-state index is -1.25. The number of ketones is 2. The number of aryl methyl sites for hydroxylation is 2. The highest BCUT2D eigenvalue weighted by Crippen LogP contribution is 2.46. The van der Waals surface area contributed by atoms with Crippen LogP contribution in [0.4, 0.5) is 0 Å². The number of rotatable bonds is 4. The summed E-state index contributed by atoms with van der Waals surface area (Å²) in [5.41, 5.74) is 0.218. The van der Waals surface area contributed by atoms with Crippen molar-refractivity contribution in [2.45, 2.75) is 208 Å². The third-order valence-corrected chi connectivity index (χ3v) is 17.0. The minimum Gasteiger partial charge on any atom is -0.458 e. The molecular formula is C54H80N2O12S2. The molecule has 6 heterocycles. The van der Waals surface area contributed by atoms with E-state index in [1.165, 1.54) is 0 Å². The van der Waals surface area contributed by atoms with Crippen LogP contribution in [0.3, 0.4) is 0 Å². The molecular weight excluding hydrogens is 933 g/mol. The summed E-state index contributed by atoms with van der Waals surface area (Å²) in [6.07, 6.45) is 5.82. The molecule has 2 aromatic rings. The Morgan fingerprint density at radius 2 is 1.10 bits per heavy atom. The van der Waals surface area contributed by atoms with E-state index in [9.17, 15) is 39.6 Å². The molecule has 0 aromatic carbocycles. The number of nitrogens with zero attached hydrogens (tertiary/aromatic N) is 2. The first-order valence-electron chi connectivity index (χ1n) is 24.9. The van der Waals surface area contributed by atoms with E-state index in [1.807, 2.05) is 83.5 Å². The van der Waals surface area contributed by atoms with Crippen molar-refractivity contribution in [3.63, 3.8) is 0 Å². The van der Waals surface area contributed by atoms with Gasteiger partial charge >= 0.3 is 11.9 Å². The molecule has 390 valence electrons. The number of carbonyl (C=O) groups excluding carboxylic acids is 4. The summed E-state index contributed by atoms with van der Waals surface area (Å²) in [5.74, 6) is -3.37. The van der Waals surface area contributed by atoms with Gasteiger partial charge in [-0.25, -0.2) is 9.97 Å². The molecule has 0 unspecified atom stereocenters. The summed E-state index contributed by atoms with van der Waals surface area (Å²) in [5, 5.41) is 49.1. The fourth-order valence-corrected chi connectivity index (χ4v) is 10.9. The molecule has 16 heteroatoms. The van der Waals surface area contributed by atoms with Gasteiger partial charge in [-0.1, -0.05) is 74.0 Å². The van der Waals surface area contributed by atoms with Crippen LogP contribution in [0, 0.1) is 48.3 Å². The lowest BCUT2D eigenvalue weighted by Gasteiger charge is -2.34. The quantitative estimate of drug-likeness (QED) is 0.128. The number of ether oxygens (including phenoxy) is 4. The zero-order valence-electron chi connectivity index (χ0n) is 43.8. The first kappa shape index (κ1) is 57.4. The van der Waals surface area contributed by atoms with Gasteiger partial charge in [-0.05, 0) is 90.0 Å². The number of esters is 2. The fraction of sp³-hybridized carbons (Fsp3) is 0.704. The van der Waals surface area contributed by atoms with Gasteiger partial charge in [0.05, 0.1) is 92.9 Å². The van der Waals surface area contributed by atoms with E-state index in [1.54, 1.807) is 64.2 Å². The predicted molar refractivity (Wildman–Crippen MR) is 272 cm³/mol. The van der Waals surface area contributed by atoms with Crippen molar-refractivity contribution in [3.05, 3.63) is 55.5 Å². The molecule has 14 atom stereocenters. The number of aliphatic hydroxyl groups excluding tert-OH is 4. The number of thiazole rings is 2. The molecule has 3 fully saturated rings. The average Bonchev–Trinajstić information content (AvgIpc) is 3.94. The van der Waals surface area contributed by atoms with E-state index in [4.69, 9.17) is 18.9 Å². The molecule has 14 nitrogen and oxygen atoms in total. The van der Waals surface area contributed by atoms with Crippen molar-refractivity contribution in [2.24, 2.45) is 34.5 Å². The van der Waals surface area contributed by atoms with Gasteiger partial charge in [0, 0.05) is 41.4 Å². The average molecular weight is 1010 g/mol.